The van der Waals surface area contributed by atoms with Gasteiger partial charge in [-0.25, -0.2) is 4.79 Å². The van der Waals surface area contributed by atoms with Gasteiger partial charge in [-0.1, -0.05) is 13.8 Å². The number of methoxy groups -OCH3 is 1. The first-order valence-corrected chi connectivity index (χ1v) is 7.24. The highest BCUT2D eigenvalue weighted by Crippen LogP contribution is 2.08. The van der Waals surface area contributed by atoms with Crippen LogP contribution in [0.25, 0.3) is 5.08 Å². The molecule has 1 aromatic heterocycles. The van der Waals surface area contributed by atoms with Gasteiger partial charge in [0.2, 0.25) is 5.43 Å². The first-order valence-electron chi connectivity index (χ1n) is 7.24. The van der Waals surface area contributed by atoms with Crippen LogP contribution in [0.4, 0.5) is 4.79 Å². The molecule has 0 aromatic carbocycles. The number of nitrogens with zero attached hydrogens (tertiary/aromatic N) is 4. The molecule has 0 atom stereocenters. The molecule has 0 aliphatic rings. The van der Waals surface area contributed by atoms with Crippen LogP contribution in [0.5, 0.6) is 5.75 Å². The molecule has 1 heterocycles. The van der Waals surface area contributed by atoms with E-state index in [9.17, 15) is 9.59 Å². The fourth-order valence-corrected chi connectivity index (χ4v) is 2.06. The Kier molecular flexibility index (Phi) is 6.89. The van der Waals surface area contributed by atoms with Gasteiger partial charge in [0.25, 0.3) is 5.39 Å². The normalized spacial score (nSPS) is 9.91. The van der Waals surface area contributed by atoms with Gasteiger partial charge in [-0.3, -0.25) is 4.79 Å². The molecule has 0 fully saturated rings. The van der Waals surface area contributed by atoms with Gasteiger partial charge in [-0.15, -0.1) is 0 Å². The molecule has 0 saturated carbocycles. The number of aromatic nitrogens is 1. The Morgan fingerprint density at radius 3 is 2.45 bits per heavy atom. The van der Waals surface area contributed by atoms with E-state index in [4.69, 9.17) is 10.1 Å². The van der Waals surface area contributed by atoms with Gasteiger partial charge in [-0.2, -0.15) is 0 Å². The molecule has 22 heavy (non-hydrogen) atoms. The van der Waals surface area contributed by atoms with Crippen molar-refractivity contribution >= 4 is 6.03 Å². The van der Waals surface area contributed by atoms with Crippen molar-refractivity contribution in [2.75, 3.05) is 20.2 Å². The third-order valence-corrected chi connectivity index (χ3v) is 3.06. The van der Waals surface area contributed by atoms with Gasteiger partial charge < -0.3 is 14.6 Å². The fourth-order valence-electron chi connectivity index (χ4n) is 2.06. The molecule has 0 saturated heterocycles. The number of aromatic amines is 1. The second-order valence-electron chi connectivity index (χ2n) is 4.81. The first kappa shape index (κ1) is 17.5. The zero-order chi connectivity index (χ0) is 16.5. The van der Waals surface area contributed by atoms with Crippen molar-refractivity contribution in [3.8, 4) is 5.75 Å². The smallest absolute Gasteiger partial charge is 0.393 e. The van der Waals surface area contributed by atoms with Gasteiger partial charge in [0.15, 0.2) is 5.75 Å². The van der Waals surface area contributed by atoms with E-state index in [0.717, 1.165) is 17.9 Å². The Labute approximate surface area is 129 Å². The minimum atomic E-state index is -0.400. The number of carbonyl (C=O) groups is 1. The van der Waals surface area contributed by atoms with E-state index in [2.05, 4.69) is 10.1 Å². The Morgan fingerprint density at radius 1 is 1.36 bits per heavy atom. The van der Waals surface area contributed by atoms with Crippen molar-refractivity contribution in [2.24, 2.45) is 0 Å². The number of nitrogens with one attached hydrogen (secondary N) is 1. The average molecular weight is 308 g/mol. The van der Waals surface area contributed by atoms with Crippen LogP contribution < -0.4 is 10.2 Å². The van der Waals surface area contributed by atoms with Crippen molar-refractivity contribution < 1.29 is 9.53 Å². The number of pyridine rings is 1. The van der Waals surface area contributed by atoms with E-state index in [1.807, 2.05) is 13.8 Å². The summed E-state index contributed by atoms with van der Waals surface area (Å²) in [4.78, 5) is 28.5. The number of diazo groups is 1. The number of hydrogen-bond acceptors (Lipinski definition) is 4. The zero-order valence-corrected chi connectivity index (χ0v) is 13.2. The molecule has 1 N–H and O–H groups in total. The van der Waals surface area contributed by atoms with E-state index < -0.39 is 6.03 Å². The van der Waals surface area contributed by atoms with Gasteiger partial charge >= 0.3 is 11.1 Å². The molecule has 8 heteroatoms. The molecule has 0 radical (unpaired) electrons. The monoisotopic (exact) mass is 308 g/mol. The molecule has 120 valence electrons. The average Bonchev–Trinajstić information content (AvgIpc) is 2.52. The highest BCUT2D eigenvalue weighted by molar-refractivity contribution is 5.74. The van der Waals surface area contributed by atoms with E-state index in [0.29, 0.717) is 18.8 Å². The number of urea groups is 1. The topological polar surface area (TPSA) is 93.8 Å². The summed E-state index contributed by atoms with van der Waals surface area (Å²) < 4.78 is 4.88. The molecule has 1 aromatic rings. The van der Waals surface area contributed by atoms with Crippen LogP contribution in [-0.4, -0.2) is 41.1 Å². The summed E-state index contributed by atoms with van der Waals surface area (Å²) in [6, 6.07) is 0.914. The summed E-state index contributed by atoms with van der Waals surface area (Å²) in [7, 11) is 1.40. The lowest BCUT2D eigenvalue weighted by Gasteiger charge is -2.20. The maximum atomic E-state index is 12.3. The molecule has 0 aliphatic heterocycles. The lowest BCUT2D eigenvalue weighted by molar-refractivity contribution is 0.165. The molecule has 2 amide bonds. The lowest BCUT2D eigenvalue weighted by Crippen LogP contribution is -2.40. The van der Waals surface area contributed by atoms with E-state index in [-0.39, 0.29) is 17.7 Å². The molecule has 1 rings (SSSR count). The minimum absolute atomic E-state index is 0.0293. The summed E-state index contributed by atoms with van der Waals surface area (Å²) >= 11 is 0. The van der Waals surface area contributed by atoms with Crippen molar-refractivity contribution in [1.82, 2.24) is 14.9 Å². The van der Waals surface area contributed by atoms with Crippen LogP contribution in [0.3, 0.4) is 0 Å². The van der Waals surface area contributed by atoms with Crippen molar-refractivity contribution in [1.29, 1.82) is 5.39 Å². The Morgan fingerprint density at radius 2 is 2.00 bits per heavy atom. The number of hydrogen-bond donors (Lipinski definition) is 1. The van der Waals surface area contributed by atoms with Gasteiger partial charge in [-0.05, 0) is 12.8 Å². The van der Waals surface area contributed by atoms with Crippen molar-refractivity contribution in [3.05, 3.63) is 33.3 Å². The number of ether oxygens (including phenoxy) is 1. The lowest BCUT2D eigenvalue weighted by atomic mass is 10.3. The molecule has 0 aliphatic carbocycles. The zero-order valence-electron chi connectivity index (χ0n) is 13.2. The maximum absolute atomic E-state index is 12.3. The second kappa shape index (κ2) is 8.67. The molecule has 0 bridgehead atoms. The number of amides is 2. The number of rotatable bonds is 7. The summed E-state index contributed by atoms with van der Waals surface area (Å²) in [6.07, 6.45) is 3.03. The van der Waals surface area contributed by atoms with Crippen LogP contribution in [-0.2, 0) is 6.54 Å². The van der Waals surface area contributed by atoms with Crippen molar-refractivity contribution in [3.63, 3.8) is 0 Å². The van der Waals surface area contributed by atoms with Crippen LogP contribution in [0, 0.1) is 5.39 Å². The molecular weight excluding hydrogens is 286 g/mol. The summed E-state index contributed by atoms with van der Waals surface area (Å²) in [5, 5.41) is 13.0. The van der Waals surface area contributed by atoms with Gasteiger partial charge in [0.1, 0.15) is 6.54 Å². The molecule has 0 spiro atoms. The highest BCUT2D eigenvalue weighted by Gasteiger charge is 2.29. The van der Waals surface area contributed by atoms with Crippen LogP contribution >= 0.6 is 0 Å². The summed E-state index contributed by atoms with van der Waals surface area (Å²) in [5.41, 5.74) is 0.144. The van der Waals surface area contributed by atoms with E-state index >= 15 is 0 Å². The fraction of sp³-hybridized carbons (Fsp3) is 0.571. The SMILES string of the molecule is CCCN(CCC)C(=O)N(Cc1cc(=O)c(OC)c[nH]1)[N+]#N. The van der Waals surface area contributed by atoms with Crippen molar-refractivity contribution in [2.45, 2.75) is 33.2 Å². The largest absolute Gasteiger partial charge is 0.491 e. The first-order chi connectivity index (χ1) is 10.6. The predicted molar refractivity (Wildman–Crippen MR) is 81.8 cm³/mol. The Bertz CT molecular complexity index is 587. The minimum Gasteiger partial charge on any atom is -0.491 e. The number of carbonyl (C=O) groups excluding carboxylic acids is 1. The summed E-state index contributed by atoms with van der Waals surface area (Å²) in [6.45, 7) is 5.07. The molecular formula is C14H22N5O3+. The third-order valence-electron chi connectivity index (χ3n) is 3.06. The quantitative estimate of drug-likeness (QED) is 0.617. The Balaban J connectivity index is 2.88. The summed E-state index contributed by atoms with van der Waals surface area (Å²) in [5.74, 6) is 0.182. The highest BCUT2D eigenvalue weighted by atomic mass is 16.5. The number of H-pyrrole nitrogens is 1. The van der Waals surface area contributed by atoms with Crippen LogP contribution in [0.15, 0.2) is 17.1 Å². The predicted octanol–water partition coefficient (Wildman–Crippen LogP) is 2.20. The molecule has 8 nitrogen and oxygen atoms in total. The second-order valence-corrected chi connectivity index (χ2v) is 4.81. The standard InChI is InChI=1S/C14H21N5O3/c1-4-6-18(7-5-2)14(21)19(17-15)10-11-8-12(20)13(22-3)9-16-11/h8-9H,4-7,10H2,1-3H3/p+1. The van der Waals surface area contributed by atoms with Crippen LogP contribution in [0.2, 0.25) is 0 Å². The van der Waals surface area contributed by atoms with Crippen LogP contribution in [0.1, 0.15) is 32.4 Å². The third kappa shape index (κ3) is 4.48. The maximum Gasteiger partial charge on any atom is 0.393 e. The molecule has 0 unspecified atom stereocenters. The van der Waals surface area contributed by atoms with E-state index in [1.54, 1.807) is 4.90 Å². The van der Waals surface area contributed by atoms with E-state index in [1.165, 1.54) is 19.4 Å². The van der Waals surface area contributed by atoms with Gasteiger partial charge in [0, 0.05) is 31.0 Å². The Hall–Kier alpha value is -2.56. The van der Waals surface area contributed by atoms with Gasteiger partial charge in [0.05, 0.1) is 12.1 Å².